The van der Waals surface area contributed by atoms with Crippen LogP contribution in [0.15, 0.2) is 35.5 Å². The van der Waals surface area contributed by atoms with E-state index in [0.29, 0.717) is 24.5 Å². The normalized spacial score (nSPS) is 15.7. The van der Waals surface area contributed by atoms with Crippen LogP contribution in [0.4, 0.5) is 0 Å². The summed E-state index contributed by atoms with van der Waals surface area (Å²) in [5, 5.41) is 16.6. The number of epoxide rings is 1. The van der Waals surface area contributed by atoms with Gasteiger partial charge in [0.2, 0.25) is 0 Å². The highest BCUT2D eigenvalue weighted by Crippen LogP contribution is 2.35. The first-order valence-corrected chi connectivity index (χ1v) is 14.5. The Balaban J connectivity index is 1.85. The molecule has 8 nitrogen and oxygen atoms in total. The lowest BCUT2D eigenvalue weighted by Crippen LogP contribution is -2.31. The molecule has 0 radical (unpaired) electrons. The Bertz CT molecular complexity index is 1390. The standard InChI is InChI=1S/C32H42N2O6/c1-6-9-10-11-12-22-15-23(31(36)32(4,5)37)17-26-25-16-21(13-14-28(25)34(8-3)30(22)26)27(33-40-29(35)7-2)20-38-18-24-19-39-24/h13-17,24,37H,6-12,18-20H2,1-5H3/b33-27+. The molecule has 2 aromatic carbocycles. The van der Waals surface area contributed by atoms with E-state index in [2.05, 4.69) is 23.6 Å². The maximum atomic E-state index is 13.2. The molecule has 1 N–H and O–H groups in total. The molecule has 1 aliphatic rings. The minimum absolute atomic E-state index is 0.104. The van der Waals surface area contributed by atoms with Crippen LogP contribution >= 0.6 is 0 Å². The molecular formula is C32H42N2O6. The van der Waals surface area contributed by atoms with Gasteiger partial charge in [0.1, 0.15) is 17.4 Å². The molecule has 1 unspecified atom stereocenters. The number of ketones is 1. The molecule has 1 saturated heterocycles. The number of hydrogen-bond acceptors (Lipinski definition) is 7. The molecule has 1 aliphatic heterocycles. The van der Waals surface area contributed by atoms with Gasteiger partial charge in [0.25, 0.3) is 0 Å². The van der Waals surface area contributed by atoms with Gasteiger partial charge in [0.15, 0.2) is 5.78 Å². The fourth-order valence-corrected chi connectivity index (χ4v) is 5.04. The molecule has 3 aromatic rings. The van der Waals surface area contributed by atoms with E-state index in [-0.39, 0.29) is 24.9 Å². The topological polar surface area (TPSA) is 103 Å². The molecular weight excluding hydrogens is 508 g/mol. The number of aryl methyl sites for hydroxylation is 2. The van der Waals surface area contributed by atoms with Gasteiger partial charge in [-0.25, -0.2) is 4.79 Å². The van der Waals surface area contributed by atoms with Crippen LogP contribution in [0.2, 0.25) is 0 Å². The van der Waals surface area contributed by atoms with Gasteiger partial charge < -0.3 is 24.0 Å². The summed E-state index contributed by atoms with van der Waals surface area (Å²) in [5.74, 6) is -0.726. The van der Waals surface area contributed by atoms with Crippen LogP contribution < -0.4 is 0 Å². The number of oxime groups is 1. The molecule has 0 bridgehead atoms. The Labute approximate surface area is 236 Å². The van der Waals surface area contributed by atoms with E-state index in [1.165, 1.54) is 20.3 Å². The lowest BCUT2D eigenvalue weighted by Gasteiger charge is -2.17. The molecule has 0 aliphatic carbocycles. The summed E-state index contributed by atoms with van der Waals surface area (Å²) in [7, 11) is 0. The molecule has 216 valence electrons. The molecule has 1 atom stereocenters. The van der Waals surface area contributed by atoms with Gasteiger partial charge in [-0.2, -0.15) is 0 Å². The summed E-state index contributed by atoms with van der Waals surface area (Å²) >= 11 is 0. The number of aliphatic hydroxyl groups is 1. The maximum Gasteiger partial charge on any atom is 0.334 e. The quantitative estimate of drug-likeness (QED) is 0.0625. The van der Waals surface area contributed by atoms with Gasteiger partial charge in [-0.1, -0.05) is 44.3 Å². The van der Waals surface area contributed by atoms with Crippen molar-refractivity contribution in [3.8, 4) is 0 Å². The fourth-order valence-electron chi connectivity index (χ4n) is 5.04. The molecule has 4 rings (SSSR count). The molecule has 0 spiro atoms. The van der Waals surface area contributed by atoms with Crippen LogP contribution in [0.25, 0.3) is 21.8 Å². The summed E-state index contributed by atoms with van der Waals surface area (Å²) in [4.78, 5) is 30.2. The number of fused-ring (bicyclic) bond motifs is 3. The van der Waals surface area contributed by atoms with Gasteiger partial charge in [0, 0.05) is 40.4 Å². The van der Waals surface area contributed by atoms with Gasteiger partial charge in [-0.3, -0.25) is 4.79 Å². The summed E-state index contributed by atoms with van der Waals surface area (Å²) in [6, 6.07) is 9.91. The van der Waals surface area contributed by atoms with Crippen molar-refractivity contribution in [1.29, 1.82) is 0 Å². The van der Waals surface area contributed by atoms with Gasteiger partial charge in [-0.15, -0.1) is 0 Å². The second-order valence-corrected chi connectivity index (χ2v) is 11.0. The van der Waals surface area contributed by atoms with Crippen molar-refractivity contribution in [1.82, 2.24) is 4.57 Å². The number of aromatic nitrogens is 1. The number of Topliss-reactive ketones (excluding diaryl/α,β-unsaturated/α-hetero) is 1. The Morgan fingerprint density at radius 1 is 1.07 bits per heavy atom. The molecule has 1 fully saturated rings. The number of ether oxygens (including phenoxy) is 2. The highest BCUT2D eigenvalue weighted by atomic mass is 16.7. The van der Waals surface area contributed by atoms with Crippen LogP contribution in [-0.2, 0) is 32.1 Å². The molecule has 0 saturated carbocycles. The zero-order valence-electron chi connectivity index (χ0n) is 24.4. The average Bonchev–Trinajstić information content (AvgIpc) is 3.71. The van der Waals surface area contributed by atoms with Gasteiger partial charge >= 0.3 is 5.97 Å². The first kappa shape index (κ1) is 29.9. The fraction of sp³-hybridized carbons (Fsp3) is 0.531. The molecule has 40 heavy (non-hydrogen) atoms. The van der Waals surface area contributed by atoms with Crippen molar-refractivity contribution in [3.63, 3.8) is 0 Å². The average molecular weight is 551 g/mol. The third-order valence-electron chi connectivity index (χ3n) is 7.29. The van der Waals surface area contributed by atoms with E-state index >= 15 is 0 Å². The van der Waals surface area contributed by atoms with E-state index in [1.807, 2.05) is 30.3 Å². The largest absolute Gasteiger partial charge is 0.382 e. The number of carbonyl (C=O) groups is 2. The second kappa shape index (κ2) is 13.1. The van der Waals surface area contributed by atoms with Crippen molar-refractivity contribution in [3.05, 3.63) is 47.0 Å². The summed E-state index contributed by atoms with van der Waals surface area (Å²) < 4.78 is 13.3. The predicted molar refractivity (Wildman–Crippen MR) is 157 cm³/mol. The summed E-state index contributed by atoms with van der Waals surface area (Å²) in [5.41, 5.74) is 3.56. The van der Waals surface area contributed by atoms with E-state index < -0.39 is 11.6 Å². The highest BCUT2D eigenvalue weighted by Gasteiger charge is 2.27. The minimum atomic E-state index is -1.48. The van der Waals surface area contributed by atoms with E-state index in [9.17, 15) is 14.7 Å². The number of carbonyl (C=O) groups excluding carboxylic acids is 2. The Hall–Kier alpha value is -3.07. The number of rotatable bonds is 15. The molecule has 1 aromatic heterocycles. The van der Waals surface area contributed by atoms with Crippen LogP contribution in [0, 0.1) is 0 Å². The lowest BCUT2D eigenvalue weighted by atomic mass is 9.92. The SMILES string of the molecule is CCCCCCc1cc(C(=O)C(C)(C)O)cc2c3cc(/C(COCC4CO4)=N/OC(=O)CC)ccc3n(CC)c12. The van der Waals surface area contributed by atoms with E-state index in [1.54, 1.807) is 6.92 Å². The Morgan fingerprint density at radius 2 is 1.82 bits per heavy atom. The molecule has 8 heteroatoms. The van der Waals surface area contributed by atoms with Crippen LogP contribution in [0.1, 0.15) is 88.2 Å². The first-order valence-electron chi connectivity index (χ1n) is 14.5. The lowest BCUT2D eigenvalue weighted by molar-refractivity contribution is -0.143. The maximum absolute atomic E-state index is 13.2. The van der Waals surface area contributed by atoms with Crippen molar-refractivity contribution in [2.24, 2.45) is 5.16 Å². The van der Waals surface area contributed by atoms with Crippen LogP contribution in [0.5, 0.6) is 0 Å². The predicted octanol–water partition coefficient (Wildman–Crippen LogP) is 5.96. The summed E-state index contributed by atoms with van der Waals surface area (Å²) in [6.07, 6.45) is 5.65. The van der Waals surface area contributed by atoms with E-state index in [4.69, 9.17) is 14.3 Å². The van der Waals surface area contributed by atoms with Crippen LogP contribution in [-0.4, -0.2) is 58.7 Å². The van der Waals surface area contributed by atoms with Crippen molar-refractivity contribution in [2.45, 2.75) is 91.4 Å². The second-order valence-electron chi connectivity index (χ2n) is 11.0. The van der Waals surface area contributed by atoms with E-state index in [0.717, 1.165) is 65.2 Å². The van der Waals surface area contributed by atoms with Crippen molar-refractivity contribution >= 4 is 39.3 Å². The number of benzene rings is 2. The molecule has 0 amide bonds. The third-order valence-corrected chi connectivity index (χ3v) is 7.29. The monoisotopic (exact) mass is 550 g/mol. The number of unbranched alkanes of at least 4 members (excludes halogenated alkanes) is 3. The van der Waals surface area contributed by atoms with Crippen molar-refractivity contribution in [2.75, 3.05) is 19.8 Å². The van der Waals surface area contributed by atoms with Crippen molar-refractivity contribution < 1.29 is 29.0 Å². The number of hydrogen-bond donors (Lipinski definition) is 1. The Kier molecular flexibility index (Phi) is 9.77. The van der Waals surface area contributed by atoms with Crippen LogP contribution in [0.3, 0.4) is 0 Å². The molecule has 2 heterocycles. The van der Waals surface area contributed by atoms with Gasteiger partial charge in [-0.05, 0) is 63.4 Å². The Morgan fingerprint density at radius 3 is 2.48 bits per heavy atom. The zero-order chi connectivity index (χ0) is 28.9. The number of nitrogens with zero attached hydrogens (tertiary/aromatic N) is 2. The zero-order valence-corrected chi connectivity index (χ0v) is 24.4. The summed E-state index contributed by atoms with van der Waals surface area (Å²) in [6.45, 7) is 11.2. The smallest absolute Gasteiger partial charge is 0.334 e. The highest BCUT2D eigenvalue weighted by molar-refractivity contribution is 6.15. The minimum Gasteiger partial charge on any atom is -0.382 e. The van der Waals surface area contributed by atoms with Gasteiger partial charge in [0.05, 0.1) is 25.3 Å². The third kappa shape index (κ3) is 6.97. The first-order chi connectivity index (χ1) is 19.2.